The highest BCUT2D eigenvalue weighted by Crippen LogP contribution is 2.09. The van der Waals surface area contributed by atoms with Gasteiger partial charge in [-0.15, -0.1) is 0 Å². The van der Waals surface area contributed by atoms with E-state index >= 15 is 0 Å². The van der Waals surface area contributed by atoms with Gasteiger partial charge in [0.1, 0.15) is 6.04 Å². The highest BCUT2D eigenvalue weighted by molar-refractivity contribution is 8.13. The number of thioether (sulfide) groups is 2. The largest absolute Gasteiger partial charge is 0.338 e. The van der Waals surface area contributed by atoms with E-state index < -0.39 is 6.04 Å². The molecule has 0 spiro atoms. The van der Waals surface area contributed by atoms with Crippen molar-refractivity contribution in [2.24, 2.45) is 0 Å². The van der Waals surface area contributed by atoms with Crippen LogP contribution in [0.3, 0.4) is 0 Å². The second kappa shape index (κ2) is 13.6. The molecule has 1 heterocycles. The second-order valence-electron chi connectivity index (χ2n) is 7.65. The Morgan fingerprint density at radius 1 is 1.10 bits per heavy atom. The molecule has 7 nitrogen and oxygen atoms in total. The van der Waals surface area contributed by atoms with E-state index in [0.717, 1.165) is 25.1 Å². The van der Waals surface area contributed by atoms with Crippen molar-refractivity contribution in [1.82, 2.24) is 20.0 Å². The van der Waals surface area contributed by atoms with E-state index in [1.165, 1.54) is 18.7 Å². The minimum absolute atomic E-state index is 0.0167. The predicted octanol–water partition coefficient (Wildman–Crippen LogP) is 2.03. The first kappa shape index (κ1) is 25.5. The lowest BCUT2D eigenvalue weighted by Gasteiger charge is -2.35. The fourth-order valence-electron chi connectivity index (χ4n) is 3.35. The van der Waals surface area contributed by atoms with Gasteiger partial charge in [0.2, 0.25) is 5.91 Å². The molecule has 1 unspecified atom stereocenters. The number of piperazine rings is 1. The summed E-state index contributed by atoms with van der Waals surface area (Å²) in [6.45, 7) is 5.57. The van der Waals surface area contributed by atoms with Crippen LogP contribution in [0.1, 0.15) is 12.5 Å². The summed E-state index contributed by atoms with van der Waals surface area (Å²) in [4.78, 5) is 43.2. The van der Waals surface area contributed by atoms with Crippen molar-refractivity contribution < 1.29 is 14.4 Å². The third-order valence-electron chi connectivity index (χ3n) is 5.21. The van der Waals surface area contributed by atoms with Crippen molar-refractivity contribution in [3.05, 3.63) is 35.9 Å². The zero-order valence-electron chi connectivity index (χ0n) is 18.7. The first-order valence-electron chi connectivity index (χ1n) is 10.6. The minimum Gasteiger partial charge on any atom is -0.338 e. The zero-order valence-corrected chi connectivity index (χ0v) is 20.3. The van der Waals surface area contributed by atoms with Gasteiger partial charge in [0.25, 0.3) is 0 Å². The second-order valence-corrected chi connectivity index (χ2v) is 9.83. The van der Waals surface area contributed by atoms with Gasteiger partial charge in [-0.1, -0.05) is 42.1 Å². The van der Waals surface area contributed by atoms with Gasteiger partial charge in [0, 0.05) is 57.7 Å². The van der Waals surface area contributed by atoms with Gasteiger partial charge >= 0.3 is 6.03 Å². The molecule has 31 heavy (non-hydrogen) atoms. The number of hydrogen-bond acceptors (Lipinski definition) is 6. The fourth-order valence-corrected chi connectivity index (χ4v) is 4.51. The zero-order chi connectivity index (χ0) is 22.6. The molecule has 0 aromatic heterocycles. The summed E-state index contributed by atoms with van der Waals surface area (Å²) in [7, 11) is 2.05. The van der Waals surface area contributed by atoms with Crippen LogP contribution in [0.25, 0.3) is 0 Å². The van der Waals surface area contributed by atoms with Crippen LogP contribution in [0, 0.1) is 0 Å². The van der Waals surface area contributed by atoms with E-state index in [1.807, 2.05) is 48.5 Å². The monoisotopic (exact) mass is 466 g/mol. The molecule has 1 aliphatic heterocycles. The fraction of sp³-hybridized carbons (Fsp3) is 0.591. The highest BCUT2D eigenvalue weighted by Gasteiger charge is 2.29. The van der Waals surface area contributed by atoms with Gasteiger partial charge in [-0.05, 0) is 25.3 Å². The molecule has 1 saturated heterocycles. The molecule has 172 valence electrons. The van der Waals surface area contributed by atoms with Crippen LogP contribution < -0.4 is 5.32 Å². The number of nitrogens with zero attached hydrogens (tertiary/aromatic N) is 3. The Morgan fingerprint density at radius 3 is 2.39 bits per heavy atom. The number of likely N-dealkylation sites (N-methyl/N-ethyl adjacent to an activating group) is 1. The number of rotatable bonds is 10. The Morgan fingerprint density at radius 2 is 1.77 bits per heavy atom. The topological polar surface area (TPSA) is 73.0 Å². The summed E-state index contributed by atoms with van der Waals surface area (Å²) >= 11 is 2.76. The van der Waals surface area contributed by atoms with Crippen molar-refractivity contribution in [1.29, 1.82) is 0 Å². The Kier molecular flexibility index (Phi) is 11.2. The van der Waals surface area contributed by atoms with Crippen LogP contribution in [0.15, 0.2) is 30.3 Å². The number of carbonyl (C=O) groups is 3. The number of nitrogens with one attached hydrogen (secondary N) is 1. The molecule has 0 aliphatic carbocycles. The average molecular weight is 467 g/mol. The first-order valence-corrected chi connectivity index (χ1v) is 13.0. The average Bonchev–Trinajstić information content (AvgIpc) is 2.76. The molecule has 1 aliphatic rings. The Balaban J connectivity index is 2.00. The van der Waals surface area contributed by atoms with E-state index in [0.29, 0.717) is 37.7 Å². The molecular weight excluding hydrogens is 432 g/mol. The maximum Gasteiger partial charge on any atom is 0.318 e. The summed E-state index contributed by atoms with van der Waals surface area (Å²) < 4.78 is 0. The standard InChI is InChI=1S/C22H34N4O3S2/c1-18(27)31-16-15-26(10-9-19-7-5-4-6-8-19)22(29)23-20(17-30-3)21(28)25-13-11-24(2)12-14-25/h4-8,20H,9-17H2,1-3H3,(H,23,29). The van der Waals surface area contributed by atoms with Crippen molar-refractivity contribution in [2.45, 2.75) is 19.4 Å². The van der Waals surface area contributed by atoms with Crippen LogP contribution in [0.5, 0.6) is 0 Å². The molecule has 3 amide bonds. The molecule has 1 atom stereocenters. The Hall–Kier alpha value is -1.71. The van der Waals surface area contributed by atoms with Crippen molar-refractivity contribution in [3.8, 4) is 0 Å². The molecule has 2 rings (SSSR count). The summed E-state index contributed by atoms with van der Waals surface area (Å²) in [6, 6.07) is 9.20. The van der Waals surface area contributed by atoms with Crippen molar-refractivity contribution in [3.63, 3.8) is 0 Å². The minimum atomic E-state index is -0.550. The third-order valence-corrected chi connectivity index (χ3v) is 6.67. The molecule has 9 heteroatoms. The molecule has 0 saturated carbocycles. The van der Waals surface area contributed by atoms with E-state index in [9.17, 15) is 14.4 Å². The lowest BCUT2D eigenvalue weighted by molar-refractivity contribution is -0.134. The van der Waals surface area contributed by atoms with Gasteiger partial charge < -0.3 is 20.0 Å². The van der Waals surface area contributed by atoms with Gasteiger partial charge in [-0.3, -0.25) is 9.59 Å². The maximum absolute atomic E-state index is 13.1. The van der Waals surface area contributed by atoms with E-state index in [1.54, 1.807) is 16.7 Å². The molecule has 1 aromatic carbocycles. The number of benzene rings is 1. The molecule has 0 radical (unpaired) electrons. The van der Waals surface area contributed by atoms with Crippen LogP contribution >= 0.6 is 23.5 Å². The van der Waals surface area contributed by atoms with Gasteiger partial charge in [-0.25, -0.2) is 4.79 Å². The maximum atomic E-state index is 13.1. The Bertz CT molecular complexity index is 712. The predicted molar refractivity (Wildman–Crippen MR) is 130 cm³/mol. The van der Waals surface area contributed by atoms with E-state index in [4.69, 9.17) is 0 Å². The van der Waals surface area contributed by atoms with Crippen LogP contribution in [0.2, 0.25) is 0 Å². The normalized spacial score (nSPS) is 15.4. The van der Waals surface area contributed by atoms with Crippen molar-refractivity contribution >= 4 is 40.6 Å². The number of urea groups is 1. The SMILES string of the molecule is CSCC(NC(=O)N(CCSC(C)=O)CCc1ccccc1)C(=O)N1CCN(C)CC1. The summed E-state index contributed by atoms with van der Waals surface area (Å²) in [5.74, 6) is 1.06. The lowest BCUT2D eigenvalue weighted by atomic mass is 10.1. The van der Waals surface area contributed by atoms with Gasteiger partial charge in [0.05, 0.1) is 0 Å². The summed E-state index contributed by atoms with van der Waals surface area (Å²) in [5, 5.41) is 3.00. The van der Waals surface area contributed by atoms with E-state index in [-0.39, 0.29) is 17.1 Å². The molecular formula is C22H34N4O3S2. The number of hydrogen-bond donors (Lipinski definition) is 1. The summed E-state index contributed by atoms with van der Waals surface area (Å²) in [5.41, 5.74) is 1.15. The quantitative estimate of drug-likeness (QED) is 0.569. The number of amides is 3. The molecule has 1 aromatic rings. The smallest absolute Gasteiger partial charge is 0.318 e. The number of carbonyl (C=O) groups excluding carboxylic acids is 3. The van der Waals surface area contributed by atoms with Crippen molar-refractivity contribution in [2.75, 3.05) is 64.1 Å². The lowest BCUT2D eigenvalue weighted by Crippen LogP contribution is -2.57. The summed E-state index contributed by atoms with van der Waals surface area (Å²) in [6.07, 6.45) is 2.66. The van der Waals surface area contributed by atoms with Crippen LogP contribution in [0.4, 0.5) is 4.79 Å². The molecule has 0 bridgehead atoms. The Labute approximate surface area is 194 Å². The first-order chi connectivity index (χ1) is 14.9. The molecule has 1 N–H and O–H groups in total. The molecule has 1 fully saturated rings. The highest BCUT2D eigenvalue weighted by atomic mass is 32.2. The third kappa shape index (κ3) is 9.13. The van der Waals surface area contributed by atoms with Gasteiger partial charge in [-0.2, -0.15) is 11.8 Å². The van der Waals surface area contributed by atoms with E-state index in [2.05, 4.69) is 10.2 Å². The van der Waals surface area contributed by atoms with Gasteiger partial charge in [0.15, 0.2) is 5.12 Å². The van der Waals surface area contributed by atoms with Crippen LogP contribution in [-0.2, 0) is 16.0 Å². The van der Waals surface area contributed by atoms with Crippen LogP contribution in [-0.4, -0.2) is 102 Å².